The predicted octanol–water partition coefficient (Wildman–Crippen LogP) is 2.25. The normalized spacial score (nSPS) is 16.5. The van der Waals surface area contributed by atoms with Crippen molar-refractivity contribution < 1.29 is 44.1 Å². The van der Waals surface area contributed by atoms with Gasteiger partial charge < -0.3 is 41.9 Å². The second-order valence-electron chi connectivity index (χ2n) is 15.3. The Morgan fingerprint density at radius 3 is 1.44 bits per heavy atom. The van der Waals surface area contributed by atoms with Gasteiger partial charge in [-0.1, -0.05) is 75.7 Å². The van der Waals surface area contributed by atoms with Crippen molar-refractivity contribution in [2.24, 2.45) is 29.6 Å². The average molecular weight is 714 g/mol. The number of carboxylic acids is 1. The summed E-state index contributed by atoms with van der Waals surface area (Å²) in [6.45, 7) is 20.2. The minimum Gasteiger partial charge on any atom is -0.481 e. The zero-order valence-corrected chi connectivity index (χ0v) is 32.2. The van der Waals surface area contributed by atoms with Gasteiger partial charge in [-0.25, -0.2) is 0 Å². The van der Waals surface area contributed by atoms with Crippen LogP contribution in [0.2, 0.25) is 0 Å². The Balaban J connectivity index is 5.60. The first-order valence-corrected chi connectivity index (χ1v) is 18.2. The number of rotatable bonds is 24. The first-order chi connectivity index (χ1) is 23.1. The van der Waals surface area contributed by atoms with Crippen LogP contribution < -0.4 is 26.6 Å². The molecule has 0 aromatic carbocycles. The molecule has 1 unspecified atom stereocenters. The fraction of sp³-hybridized carbons (Fsp3) is 0.833. The molecule has 0 radical (unpaired) electrons. The molecule has 0 aliphatic heterocycles. The fourth-order valence-electron chi connectivity index (χ4n) is 5.38. The van der Waals surface area contributed by atoms with Gasteiger partial charge in [-0.15, -0.1) is 0 Å². The highest BCUT2D eigenvalue weighted by Crippen LogP contribution is 2.15. The van der Waals surface area contributed by atoms with E-state index in [2.05, 4.69) is 40.4 Å². The molecule has 5 amide bonds. The Morgan fingerprint density at radius 1 is 0.560 bits per heavy atom. The van der Waals surface area contributed by atoms with E-state index in [0.717, 1.165) is 6.42 Å². The number of hydrogen-bond donors (Lipinski definition) is 8. The first kappa shape index (κ1) is 46.7. The van der Waals surface area contributed by atoms with Crippen molar-refractivity contribution >= 4 is 35.5 Å². The van der Waals surface area contributed by atoms with Crippen LogP contribution in [0.5, 0.6) is 0 Å². The van der Waals surface area contributed by atoms with E-state index in [9.17, 15) is 39.0 Å². The second kappa shape index (κ2) is 23.3. The molecule has 0 saturated carbocycles. The van der Waals surface area contributed by atoms with Crippen LogP contribution in [0.1, 0.15) is 121 Å². The molecule has 0 fully saturated rings. The molecule has 0 spiro atoms. The van der Waals surface area contributed by atoms with E-state index < -0.39 is 84.9 Å². The van der Waals surface area contributed by atoms with Gasteiger partial charge in [-0.3, -0.25) is 28.8 Å². The molecule has 0 heterocycles. The number of amides is 5. The highest BCUT2D eigenvalue weighted by atomic mass is 16.4. The van der Waals surface area contributed by atoms with Gasteiger partial charge in [0, 0.05) is 6.42 Å². The van der Waals surface area contributed by atoms with Gasteiger partial charge in [0.05, 0.1) is 37.1 Å². The summed E-state index contributed by atoms with van der Waals surface area (Å²) in [4.78, 5) is 76.4. The first-order valence-electron chi connectivity index (χ1n) is 18.2. The number of aliphatic hydroxyl groups excluding tert-OH is 2. The van der Waals surface area contributed by atoms with Crippen molar-refractivity contribution in [2.75, 3.05) is 0 Å². The standard InChI is InChI=1S/C36H67N5O9/c1-12-23(10)13-14-29(44)40-32(21(6)7)36(50)41-33(22(8)9)35(49)39-25(15-19(2)3)27(42)17-30(45)37-24(11)34(48)38-26(16-20(4)5)28(43)18-31(46)47/h19-28,32-33,42-43H,12-18H2,1-11H3,(H,37,45)(H,38,48)(H,39,49)(H,40,44)(H,41,50)(H,46,47)/t23?,24-,25-,26-,27-,28-,32-,33-/m0/s1. The van der Waals surface area contributed by atoms with E-state index in [1.165, 1.54) is 6.92 Å². The van der Waals surface area contributed by atoms with Crippen molar-refractivity contribution in [2.45, 2.75) is 164 Å². The number of carbonyl (C=O) groups excluding carboxylic acids is 5. The largest absolute Gasteiger partial charge is 0.481 e. The molecular formula is C36H67N5O9. The maximum absolute atomic E-state index is 13.6. The second-order valence-corrected chi connectivity index (χ2v) is 15.3. The molecule has 8 atom stereocenters. The van der Waals surface area contributed by atoms with E-state index in [1.807, 2.05) is 27.7 Å². The minimum absolute atomic E-state index is 0.0147. The molecule has 0 aromatic rings. The topological polar surface area (TPSA) is 223 Å². The van der Waals surface area contributed by atoms with E-state index in [-0.39, 0.29) is 29.6 Å². The number of carboxylic acid groups (broad SMARTS) is 1. The lowest BCUT2D eigenvalue weighted by Gasteiger charge is -2.31. The van der Waals surface area contributed by atoms with Crippen molar-refractivity contribution in [3.63, 3.8) is 0 Å². The molecule has 14 nitrogen and oxygen atoms in total. The molecule has 290 valence electrons. The molecule has 0 bridgehead atoms. The van der Waals surface area contributed by atoms with Crippen LogP contribution in [-0.2, 0) is 28.8 Å². The average Bonchev–Trinajstić information content (AvgIpc) is 2.98. The van der Waals surface area contributed by atoms with Crippen LogP contribution in [0.25, 0.3) is 0 Å². The van der Waals surface area contributed by atoms with Crippen LogP contribution in [0, 0.1) is 29.6 Å². The Bertz CT molecular complexity index is 1100. The van der Waals surface area contributed by atoms with Crippen molar-refractivity contribution in [1.82, 2.24) is 26.6 Å². The van der Waals surface area contributed by atoms with Crippen LogP contribution in [0.3, 0.4) is 0 Å². The molecule has 0 aliphatic carbocycles. The summed E-state index contributed by atoms with van der Waals surface area (Å²) in [5.41, 5.74) is 0. The highest BCUT2D eigenvalue weighted by Gasteiger charge is 2.34. The van der Waals surface area contributed by atoms with Gasteiger partial charge in [0.2, 0.25) is 29.5 Å². The fourth-order valence-corrected chi connectivity index (χ4v) is 5.38. The maximum atomic E-state index is 13.6. The van der Waals surface area contributed by atoms with E-state index in [4.69, 9.17) is 5.11 Å². The molecule has 0 aliphatic rings. The molecule has 0 aromatic heterocycles. The van der Waals surface area contributed by atoms with Gasteiger partial charge in [0.1, 0.15) is 18.1 Å². The van der Waals surface area contributed by atoms with Gasteiger partial charge >= 0.3 is 5.97 Å². The highest BCUT2D eigenvalue weighted by molar-refractivity contribution is 5.92. The van der Waals surface area contributed by atoms with Gasteiger partial charge in [-0.05, 0) is 55.8 Å². The molecule has 0 saturated heterocycles. The third-order valence-electron chi connectivity index (χ3n) is 8.66. The van der Waals surface area contributed by atoms with E-state index >= 15 is 0 Å². The summed E-state index contributed by atoms with van der Waals surface area (Å²) in [5.74, 6) is -3.93. The lowest BCUT2D eigenvalue weighted by atomic mass is 9.95. The molecule has 14 heteroatoms. The van der Waals surface area contributed by atoms with Crippen LogP contribution in [0.15, 0.2) is 0 Å². The summed E-state index contributed by atoms with van der Waals surface area (Å²) in [6, 6.07) is -4.61. The third-order valence-corrected chi connectivity index (χ3v) is 8.66. The van der Waals surface area contributed by atoms with E-state index in [1.54, 1.807) is 27.7 Å². The minimum atomic E-state index is -1.33. The van der Waals surface area contributed by atoms with E-state index in [0.29, 0.717) is 31.6 Å². The third kappa shape index (κ3) is 18.7. The molecular weight excluding hydrogens is 646 g/mol. The number of aliphatic carboxylic acids is 1. The smallest absolute Gasteiger partial charge is 0.306 e. The van der Waals surface area contributed by atoms with Crippen LogP contribution >= 0.6 is 0 Å². The number of nitrogens with one attached hydrogen (secondary N) is 5. The number of hydrogen-bond acceptors (Lipinski definition) is 8. The Hall–Kier alpha value is -3.26. The summed E-state index contributed by atoms with van der Waals surface area (Å²) < 4.78 is 0. The molecule has 8 N–H and O–H groups in total. The maximum Gasteiger partial charge on any atom is 0.306 e. The number of aliphatic hydroxyl groups is 2. The lowest BCUT2D eigenvalue weighted by Crippen LogP contribution is -2.59. The Morgan fingerprint density at radius 2 is 1.00 bits per heavy atom. The molecule has 50 heavy (non-hydrogen) atoms. The zero-order valence-electron chi connectivity index (χ0n) is 32.2. The Kier molecular flexibility index (Phi) is 21.7. The van der Waals surface area contributed by atoms with Crippen molar-refractivity contribution in [3.8, 4) is 0 Å². The Labute approximate surface area is 299 Å². The monoisotopic (exact) mass is 713 g/mol. The van der Waals surface area contributed by atoms with Gasteiger partial charge in [0.25, 0.3) is 0 Å². The number of carbonyl (C=O) groups is 6. The zero-order chi connectivity index (χ0) is 38.9. The van der Waals surface area contributed by atoms with Gasteiger partial charge in [0.15, 0.2) is 0 Å². The van der Waals surface area contributed by atoms with Crippen molar-refractivity contribution in [1.29, 1.82) is 0 Å². The summed E-state index contributed by atoms with van der Waals surface area (Å²) in [6.07, 6.45) is -1.08. The summed E-state index contributed by atoms with van der Waals surface area (Å²) in [5, 5.41) is 44.0. The van der Waals surface area contributed by atoms with Crippen LogP contribution in [0.4, 0.5) is 0 Å². The lowest BCUT2D eigenvalue weighted by molar-refractivity contribution is -0.140. The van der Waals surface area contributed by atoms with Crippen LogP contribution in [-0.4, -0.2) is 93.2 Å². The SMILES string of the molecule is CCC(C)CCC(=O)N[C@H](C(=O)N[C@H](C(=O)N[C@@H](CC(C)C)[C@@H](O)CC(=O)N[C@@H](C)C(=O)N[C@@H](CC(C)C)[C@@H](O)CC(=O)O)C(C)C)C(C)C. The van der Waals surface area contributed by atoms with Crippen molar-refractivity contribution in [3.05, 3.63) is 0 Å². The summed E-state index contributed by atoms with van der Waals surface area (Å²) >= 11 is 0. The molecule has 0 rings (SSSR count). The predicted molar refractivity (Wildman–Crippen MR) is 191 cm³/mol. The quantitative estimate of drug-likeness (QED) is 0.0734. The summed E-state index contributed by atoms with van der Waals surface area (Å²) in [7, 11) is 0. The van der Waals surface area contributed by atoms with Gasteiger partial charge in [-0.2, -0.15) is 0 Å².